The highest BCUT2D eigenvalue weighted by Crippen LogP contribution is 2.30. The van der Waals surface area contributed by atoms with Crippen LogP contribution in [0.1, 0.15) is 23.6 Å². The van der Waals surface area contributed by atoms with Gasteiger partial charge in [0.05, 0.1) is 27.4 Å². The topological polar surface area (TPSA) is 117 Å². The normalized spacial score (nSPS) is 12.7. The predicted molar refractivity (Wildman–Crippen MR) is 112 cm³/mol. The first kappa shape index (κ1) is 22.8. The van der Waals surface area contributed by atoms with E-state index in [2.05, 4.69) is 5.48 Å². The molecule has 1 unspecified atom stereocenters. The Morgan fingerprint density at radius 2 is 1.67 bits per heavy atom. The van der Waals surface area contributed by atoms with Gasteiger partial charge in [-0.25, -0.2) is 0 Å². The van der Waals surface area contributed by atoms with E-state index in [-0.39, 0.29) is 35.2 Å². The molecule has 8 nitrogen and oxygen atoms in total. The number of nitrogens with one attached hydrogen (secondary N) is 1. The summed E-state index contributed by atoms with van der Waals surface area (Å²) in [6, 6.07) is 8.89. The molecule has 0 aliphatic rings. The molecule has 0 aliphatic heterocycles. The molecule has 160 valence electrons. The van der Waals surface area contributed by atoms with Crippen LogP contribution in [-0.4, -0.2) is 42.4 Å². The summed E-state index contributed by atoms with van der Waals surface area (Å²) in [5.41, 5.74) is 4.06. The Morgan fingerprint density at radius 3 is 2.30 bits per heavy atom. The number of carbonyl (C=O) groups excluding carboxylic acids is 1. The second-order valence-corrected chi connectivity index (χ2v) is 6.31. The molecule has 0 heterocycles. The number of ether oxygens (including phenoxy) is 2. The maximum absolute atomic E-state index is 12.4. The molecule has 0 amide bonds. The maximum atomic E-state index is 12.4. The summed E-state index contributed by atoms with van der Waals surface area (Å²) in [6.45, 7) is 0. The Kier molecular flexibility index (Phi) is 8.28. The number of hydroxylamine groups is 1. The number of phenolic OH excluding ortho intramolecular Hbond substituents is 2. The molecule has 0 bridgehead atoms. The van der Waals surface area contributed by atoms with Gasteiger partial charge >= 0.3 is 0 Å². The fourth-order valence-electron chi connectivity index (χ4n) is 2.73. The maximum Gasteiger partial charge on any atom is 0.161 e. The van der Waals surface area contributed by atoms with Crippen LogP contribution in [0, 0.1) is 0 Å². The Bertz CT molecular complexity index is 937. The summed E-state index contributed by atoms with van der Waals surface area (Å²) in [7, 11) is 4.30. The minimum absolute atomic E-state index is 0.00661. The van der Waals surface area contributed by atoms with Gasteiger partial charge in [-0.3, -0.25) is 4.79 Å². The highest BCUT2D eigenvalue weighted by molar-refractivity contribution is 5.91. The van der Waals surface area contributed by atoms with Gasteiger partial charge in [-0.2, -0.15) is 5.48 Å². The Labute approximate surface area is 174 Å². The van der Waals surface area contributed by atoms with Crippen LogP contribution in [0.5, 0.6) is 23.0 Å². The number of benzene rings is 2. The molecule has 0 saturated heterocycles. The van der Waals surface area contributed by atoms with E-state index in [1.807, 2.05) is 0 Å². The first-order valence-electron chi connectivity index (χ1n) is 9.02. The standard InChI is InChI=1S/C22H25NO7/c1-28-21-10-14(5-8-19(21)26)4-7-16(24)12-17(25)13-18(23-30-3)15-6-9-20(27)22(11-15)29-2/h4-12,18,23-24,26-27H,13H2,1-3H3/b7-4+,16-12-. The minimum atomic E-state index is -0.522. The number of allylic oxidation sites excluding steroid dienone is 2. The van der Waals surface area contributed by atoms with Gasteiger partial charge in [-0.05, 0) is 41.5 Å². The Balaban J connectivity index is 2.11. The average Bonchev–Trinajstić information content (AvgIpc) is 2.73. The van der Waals surface area contributed by atoms with Gasteiger partial charge in [-0.15, -0.1) is 0 Å². The molecule has 30 heavy (non-hydrogen) atoms. The lowest BCUT2D eigenvalue weighted by Crippen LogP contribution is -2.22. The fraction of sp³-hybridized carbons (Fsp3) is 0.227. The third-order valence-corrected chi connectivity index (χ3v) is 4.23. The summed E-state index contributed by atoms with van der Waals surface area (Å²) in [4.78, 5) is 17.4. The van der Waals surface area contributed by atoms with Gasteiger partial charge in [0.15, 0.2) is 28.8 Å². The lowest BCUT2D eigenvalue weighted by Gasteiger charge is -2.17. The molecule has 0 radical (unpaired) electrons. The summed E-state index contributed by atoms with van der Waals surface area (Å²) in [5.74, 6) is -0.0130. The third kappa shape index (κ3) is 6.26. The fourth-order valence-corrected chi connectivity index (χ4v) is 2.73. The first-order chi connectivity index (χ1) is 14.4. The number of aliphatic hydroxyl groups is 1. The molecule has 4 N–H and O–H groups in total. The van der Waals surface area contributed by atoms with Crippen LogP contribution >= 0.6 is 0 Å². The number of ketones is 1. The zero-order chi connectivity index (χ0) is 22.1. The van der Waals surface area contributed by atoms with E-state index >= 15 is 0 Å². The molecular formula is C22H25NO7. The molecule has 0 spiro atoms. The number of hydrogen-bond acceptors (Lipinski definition) is 8. The van der Waals surface area contributed by atoms with Gasteiger partial charge in [0, 0.05) is 12.5 Å². The van der Waals surface area contributed by atoms with Gasteiger partial charge in [-0.1, -0.05) is 18.2 Å². The summed E-state index contributed by atoms with van der Waals surface area (Å²) < 4.78 is 10.1. The van der Waals surface area contributed by atoms with E-state index in [1.165, 1.54) is 39.5 Å². The quantitative estimate of drug-likeness (QED) is 0.202. The number of carbonyl (C=O) groups is 1. The van der Waals surface area contributed by atoms with Gasteiger partial charge in [0.2, 0.25) is 0 Å². The van der Waals surface area contributed by atoms with Crippen LogP contribution in [0.15, 0.2) is 54.3 Å². The lowest BCUT2D eigenvalue weighted by atomic mass is 10.0. The van der Waals surface area contributed by atoms with Crippen molar-refractivity contribution in [3.05, 3.63) is 65.4 Å². The lowest BCUT2D eigenvalue weighted by molar-refractivity contribution is -0.116. The van der Waals surface area contributed by atoms with Crippen LogP contribution in [0.3, 0.4) is 0 Å². The second kappa shape index (κ2) is 10.9. The highest BCUT2D eigenvalue weighted by atomic mass is 16.6. The highest BCUT2D eigenvalue weighted by Gasteiger charge is 2.17. The molecule has 2 aromatic rings. The zero-order valence-electron chi connectivity index (χ0n) is 17.0. The summed E-state index contributed by atoms with van der Waals surface area (Å²) in [6.07, 6.45) is 4.05. The molecule has 8 heteroatoms. The van der Waals surface area contributed by atoms with Crippen molar-refractivity contribution in [3.8, 4) is 23.0 Å². The third-order valence-electron chi connectivity index (χ3n) is 4.23. The predicted octanol–water partition coefficient (Wildman–Crippen LogP) is 3.42. The van der Waals surface area contributed by atoms with E-state index in [9.17, 15) is 20.1 Å². The van der Waals surface area contributed by atoms with Crippen LogP contribution in [0.2, 0.25) is 0 Å². The van der Waals surface area contributed by atoms with Crippen molar-refractivity contribution < 1.29 is 34.4 Å². The molecule has 0 aromatic heterocycles. The molecule has 0 saturated carbocycles. The Morgan fingerprint density at radius 1 is 1.03 bits per heavy atom. The minimum Gasteiger partial charge on any atom is -0.508 e. The number of rotatable bonds is 10. The molecule has 0 fully saturated rings. The van der Waals surface area contributed by atoms with Crippen molar-refractivity contribution in [2.45, 2.75) is 12.5 Å². The van der Waals surface area contributed by atoms with Gasteiger partial charge < -0.3 is 29.6 Å². The number of aromatic hydroxyl groups is 2. The zero-order valence-corrected chi connectivity index (χ0v) is 17.0. The first-order valence-corrected chi connectivity index (χ1v) is 9.02. The number of methoxy groups -OCH3 is 2. The van der Waals surface area contributed by atoms with Crippen LogP contribution in [0.4, 0.5) is 0 Å². The van der Waals surface area contributed by atoms with Gasteiger partial charge in [0.25, 0.3) is 0 Å². The van der Waals surface area contributed by atoms with Crippen molar-refractivity contribution in [1.29, 1.82) is 0 Å². The van der Waals surface area contributed by atoms with E-state index in [0.717, 1.165) is 6.08 Å². The van der Waals surface area contributed by atoms with E-state index < -0.39 is 6.04 Å². The van der Waals surface area contributed by atoms with Gasteiger partial charge in [0.1, 0.15) is 5.76 Å². The molecule has 0 aliphatic carbocycles. The van der Waals surface area contributed by atoms with Crippen molar-refractivity contribution in [3.63, 3.8) is 0 Å². The largest absolute Gasteiger partial charge is 0.508 e. The summed E-state index contributed by atoms with van der Waals surface area (Å²) in [5, 5.41) is 29.4. The van der Waals surface area contributed by atoms with Crippen molar-refractivity contribution in [1.82, 2.24) is 5.48 Å². The van der Waals surface area contributed by atoms with Crippen molar-refractivity contribution in [2.24, 2.45) is 0 Å². The number of aliphatic hydroxyl groups excluding tert-OH is 1. The number of phenols is 2. The monoisotopic (exact) mass is 415 g/mol. The van der Waals surface area contributed by atoms with Crippen molar-refractivity contribution in [2.75, 3.05) is 21.3 Å². The smallest absolute Gasteiger partial charge is 0.161 e. The summed E-state index contributed by atoms with van der Waals surface area (Å²) >= 11 is 0. The number of hydrogen-bond donors (Lipinski definition) is 4. The Hall–Kier alpha value is -3.49. The van der Waals surface area contributed by atoms with Crippen LogP contribution in [-0.2, 0) is 9.63 Å². The SMILES string of the molecule is CONC(CC(=O)/C=C(O)/C=C/c1ccc(O)c(OC)c1)c1ccc(O)c(OC)c1. The average molecular weight is 415 g/mol. The van der Waals surface area contributed by atoms with E-state index in [4.69, 9.17) is 14.3 Å². The van der Waals surface area contributed by atoms with Crippen LogP contribution in [0.25, 0.3) is 6.08 Å². The van der Waals surface area contributed by atoms with Crippen molar-refractivity contribution >= 4 is 11.9 Å². The van der Waals surface area contributed by atoms with E-state index in [1.54, 1.807) is 30.3 Å². The van der Waals surface area contributed by atoms with Crippen LogP contribution < -0.4 is 15.0 Å². The molecule has 1 atom stereocenters. The van der Waals surface area contributed by atoms with E-state index in [0.29, 0.717) is 16.9 Å². The molecular weight excluding hydrogens is 390 g/mol. The second-order valence-electron chi connectivity index (χ2n) is 6.31. The molecule has 2 rings (SSSR count). The molecule has 2 aromatic carbocycles.